The van der Waals surface area contributed by atoms with Crippen molar-refractivity contribution < 1.29 is 9.53 Å². The number of ketones is 1. The van der Waals surface area contributed by atoms with Gasteiger partial charge in [0.1, 0.15) is 6.10 Å². The molecule has 0 N–H and O–H groups in total. The van der Waals surface area contributed by atoms with Gasteiger partial charge in [0.2, 0.25) is 0 Å². The SMILES string of the molecule is O=C(CCc1cccs1)C1CCCCO1. The zero-order chi connectivity index (χ0) is 10.5. The fraction of sp³-hybridized carbons (Fsp3) is 0.583. The topological polar surface area (TPSA) is 26.3 Å². The molecule has 2 heterocycles. The van der Waals surface area contributed by atoms with Crippen LogP contribution in [-0.4, -0.2) is 18.5 Å². The summed E-state index contributed by atoms with van der Waals surface area (Å²) in [5.74, 6) is 0.281. The number of rotatable bonds is 4. The first kappa shape index (κ1) is 10.8. The van der Waals surface area contributed by atoms with Crippen LogP contribution >= 0.6 is 11.3 Å². The maximum atomic E-state index is 11.8. The van der Waals surface area contributed by atoms with Crippen molar-refractivity contribution in [3.05, 3.63) is 22.4 Å². The molecule has 1 unspecified atom stereocenters. The van der Waals surface area contributed by atoms with Gasteiger partial charge in [-0.2, -0.15) is 0 Å². The average Bonchev–Trinajstić information content (AvgIpc) is 2.80. The third-order valence-corrected chi connectivity index (χ3v) is 3.67. The van der Waals surface area contributed by atoms with Gasteiger partial charge >= 0.3 is 0 Å². The molecule has 1 aromatic heterocycles. The first-order valence-electron chi connectivity index (χ1n) is 5.53. The summed E-state index contributed by atoms with van der Waals surface area (Å²) in [7, 11) is 0. The Bertz CT molecular complexity index is 299. The zero-order valence-electron chi connectivity index (χ0n) is 8.78. The molecule has 82 valence electrons. The van der Waals surface area contributed by atoms with E-state index in [1.807, 2.05) is 6.07 Å². The summed E-state index contributed by atoms with van der Waals surface area (Å²) in [5.41, 5.74) is 0. The highest BCUT2D eigenvalue weighted by Crippen LogP contribution is 2.17. The van der Waals surface area contributed by atoms with Crippen LogP contribution in [0.1, 0.15) is 30.6 Å². The molecule has 1 aromatic rings. The first-order valence-corrected chi connectivity index (χ1v) is 6.41. The third kappa shape index (κ3) is 3.14. The Balaban J connectivity index is 1.76. The summed E-state index contributed by atoms with van der Waals surface area (Å²) in [5, 5.41) is 2.05. The van der Waals surface area contributed by atoms with Gasteiger partial charge in [-0.25, -0.2) is 0 Å². The second-order valence-electron chi connectivity index (χ2n) is 3.90. The smallest absolute Gasteiger partial charge is 0.161 e. The van der Waals surface area contributed by atoms with Crippen molar-refractivity contribution in [1.29, 1.82) is 0 Å². The van der Waals surface area contributed by atoms with Crippen LogP contribution in [0.2, 0.25) is 0 Å². The summed E-state index contributed by atoms with van der Waals surface area (Å²) in [6.45, 7) is 0.759. The van der Waals surface area contributed by atoms with Gasteiger partial charge in [0.15, 0.2) is 5.78 Å². The van der Waals surface area contributed by atoms with Crippen LogP contribution in [-0.2, 0) is 16.0 Å². The minimum Gasteiger partial charge on any atom is -0.370 e. The van der Waals surface area contributed by atoms with Gasteiger partial charge < -0.3 is 4.74 Å². The predicted octanol–water partition coefficient (Wildman–Crippen LogP) is 2.82. The fourth-order valence-electron chi connectivity index (χ4n) is 1.86. The highest BCUT2D eigenvalue weighted by molar-refractivity contribution is 7.09. The zero-order valence-corrected chi connectivity index (χ0v) is 9.59. The van der Waals surface area contributed by atoms with Crippen LogP contribution in [0.25, 0.3) is 0 Å². The lowest BCUT2D eigenvalue weighted by Gasteiger charge is -2.21. The molecule has 1 aliphatic heterocycles. The average molecular weight is 224 g/mol. The molecule has 1 atom stereocenters. The number of thiophene rings is 1. The molecule has 1 saturated heterocycles. The molecule has 1 aliphatic rings. The molecule has 1 fully saturated rings. The van der Waals surface area contributed by atoms with E-state index in [9.17, 15) is 4.79 Å². The lowest BCUT2D eigenvalue weighted by Crippen LogP contribution is -2.28. The van der Waals surface area contributed by atoms with Gasteiger partial charge in [0.05, 0.1) is 0 Å². The van der Waals surface area contributed by atoms with Crippen LogP contribution in [0, 0.1) is 0 Å². The Morgan fingerprint density at radius 3 is 3.13 bits per heavy atom. The Kier molecular flexibility index (Phi) is 3.92. The highest BCUT2D eigenvalue weighted by Gasteiger charge is 2.21. The van der Waals surface area contributed by atoms with Gasteiger partial charge in [0.25, 0.3) is 0 Å². The molecule has 2 nitrogen and oxygen atoms in total. The van der Waals surface area contributed by atoms with Gasteiger partial charge in [-0.05, 0) is 37.1 Å². The molecule has 0 aliphatic carbocycles. The standard InChI is InChI=1S/C12H16O2S/c13-11(12-5-1-2-8-14-12)7-6-10-4-3-9-15-10/h3-4,9,12H,1-2,5-8H2. The van der Waals surface area contributed by atoms with E-state index >= 15 is 0 Å². The van der Waals surface area contributed by atoms with Crippen LogP contribution in [0.4, 0.5) is 0 Å². The quantitative estimate of drug-likeness (QED) is 0.786. The van der Waals surface area contributed by atoms with E-state index in [1.165, 1.54) is 4.88 Å². The van der Waals surface area contributed by atoms with Gasteiger partial charge in [0, 0.05) is 17.9 Å². The number of carbonyl (C=O) groups is 1. The van der Waals surface area contributed by atoms with Crippen LogP contribution in [0.15, 0.2) is 17.5 Å². The third-order valence-electron chi connectivity index (χ3n) is 2.74. The molecule has 2 rings (SSSR count). The van der Waals surface area contributed by atoms with Crippen molar-refractivity contribution in [3.63, 3.8) is 0 Å². The number of aryl methyl sites for hydroxylation is 1. The Morgan fingerprint density at radius 1 is 1.53 bits per heavy atom. The second kappa shape index (κ2) is 5.42. The van der Waals surface area contributed by atoms with Crippen molar-refractivity contribution in [2.24, 2.45) is 0 Å². The van der Waals surface area contributed by atoms with Crippen LogP contribution in [0.5, 0.6) is 0 Å². The number of ether oxygens (including phenoxy) is 1. The molecular weight excluding hydrogens is 208 g/mol. The minimum absolute atomic E-state index is 0.112. The number of carbonyl (C=O) groups excluding carboxylic acids is 1. The Morgan fingerprint density at radius 2 is 2.47 bits per heavy atom. The van der Waals surface area contributed by atoms with E-state index < -0.39 is 0 Å². The van der Waals surface area contributed by atoms with Crippen molar-refractivity contribution in [2.45, 2.75) is 38.2 Å². The monoisotopic (exact) mass is 224 g/mol. The largest absolute Gasteiger partial charge is 0.370 e. The van der Waals surface area contributed by atoms with Gasteiger partial charge in [-0.1, -0.05) is 6.07 Å². The normalized spacial score (nSPS) is 21.5. The number of hydrogen-bond acceptors (Lipinski definition) is 3. The maximum absolute atomic E-state index is 11.8. The van der Waals surface area contributed by atoms with Crippen LogP contribution < -0.4 is 0 Å². The molecule has 0 saturated carbocycles. The van der Waals surface area contributed by atoms with E-state index in [-0.39, 0.29) is 11.9 Å². The maximum Gasteiger partial charge on any atom is 0.161 e. The molecule has 0 bridgehead atoms. The molecule has 15 heavy (non-hydrogen) atoms. The van der Waals surface area contributed by atoms with E-state index in [1.54, 1.807) is 11.3 Å². The first-order chi connectivity index (χ1) is 7.36. The second-order valence-corrected chi connectivity index (χ2v) is 4.93. The van der Waals surface area contributed by atoms with E-state index in [0.717, 1.165) is 32.3 Å². The van der Waals surface area contributed by atoms with Crippen molar-refractivity contribution in [1.82, 2.24) is 0 Å². The lowest BCUT2D eigenvalue weighted by atomic mass is 10.0. The summed E-state index contributed by atoms with van der Waals surface area (Å²) in [6.07, 6.45) is 4.55. The van der Waals surface area contributed by atoms with Gasteiger partial charge in [-0.15, -0.1) is 11.3 Å². The predicted molar refractivity (Wildman–Crippen MR) is 61.2 cm³/mol. The molecule has 0 radical (unpaired) electrons. The molecule has 0 amide bonds. The summed E-state index contributed by atoms with van der Waals surface area (Å²) in [6, 6.07) is 4.11. The molecular formula is C12H16O2S. The minimum atomic E-state index is -0.112. The van der Waals surface area contributed by atoms with E-state index in [0.29, 0.717) is 6.42 Å². The molecule has 0 spiro atoms. The van der Waals surface area contributed by atoms with Crippen molar-refractivity contribution >= 4 is 17.1 Å². The van der Waals surface area contributed by atoms with E-state index in [2.05, 4.69) is 11.4 Å². The van der Waals surface area contributed by atoms with Crippen molar-refractivity contribution in [3.8, 4) is 0 Å². The molecule has 0 aromatic carbocycles. The lowest BCUT2D eigenvalue weighted by molar-refractivity contribution is -0.133. The Labute approximate surface area is 94.3 Å². The summed E-state index contributed by atoms with van der Waals surface area (Å²) >= 11 is 1.72. The van der Waals surface area contributed by atoms with E-state index in [4.69, 9.17) is 4.74 Å². The fourth-order valence-corrected chi connectivity index (χ4v) is 2.57. The molecule has 3 heteroatoms. The van der Waals surface area contributed by atoms with Crippen LogP contribution in [0.3, 0.4) is 0 Å². The van der Waals surface area contributed by atoms with Crippen molar-refractivity contribution in [2.75, 3.05) is 6.61 Å². The Hall–Kier alpha value is -0.670. The summed E-state index contributed by atoms with van der Waals surface area (Å²) < 4.78 is 5.46. The number of hydrogen-bond donors (Lipinski definition) is 0. The highest BCUT2D eigenvalue weighted by atomic mass is 32.1. The summed E-state index contributed by atoms with van der Waals surface area (Å²) in [4.78, 5) is 13.1. The van der Waals surface area contributed by atoms with Gasteiger partial charge in [-0.3, -0.25) is 4.79 Å². The number of Topliss-reactive ketones (excluding diaryl/α,β-unsaturated/α-hetero) is 1.